The van der Waals surface area contributed by atoms with Gasteiger partial charge in [-0.3, -0.25) is 0 Å². The van der Waals surface area contributed by atoms with Crippen molar-refractivity contribution in [3.8, 4) is 0 Å². The number of benzene rings is 4. The fourth-order valence-electron chi connectivity index (χ4n) is 7.57. The van der Waals surface area contributed by atoms with Gasteiger partial charge in [0.2, 0.25) is 0 Å². The Bertz CT molecular complexity index is 2140. The van der Waals surface area contributed by atoms with E-state index < -0.39 is 193 Å². The topological polar surface area (TPSA) is 0 Å². The first-order valence-corrected chi connectivity index (χ1v) is 16.9. The molecule has 0 N–H and O–H groups in total. The van der Waals surface area contributed by atoms with Gasteiger partial charge >= 0.3 is 49.4 Å². The van der Waals surface area contributed by atoms with Crippen LogP contribution in [0.5, 0.6) is 0 Å². The molecule has 64 heavy (non-hydrogen) atoms. The zero-order valence-electron chi connectivity index (χ0n) is 31.1. The van der Waals surface area contributed by atoms with Crippen molar-refractivity contribution in [3.05, 3.63) is 135 Å². The van der Waals surface area contributed by atoms with Gasteiger partial charge in [-0.25, -0.2) is 0 Å². The first-order chi connectivity index (χ1) is 28.6. The Kier molecular flexibility index (Phi) is 12.7. The van der Waals surface area contributed by atoms with Gasteiger partial charge in [0.25, 0.3) is 0 Å². The fourth-order valence-corrected chi connectivity index (χ4v) is 7.57. The van der Waals surface area contributed by atoms with E-state index in [1.54, 1.807) is 0 Å². The van der Waals surface area contributed by atoms with Gasteiger partial charge in [0.1, 0.15) is 6.15 Å². The molecule has 0 radical (unpaired) electrons. The Morgan fingerprint density at radius 2 is 0.438 bits per heavy atom. The molecule has 0 heterocycles. The first kappa shape index (κ1) is 51.1. The molecule has 0 fully saturated rings. The van der Waals surface area contributed by atoms with Crippen molar-refractivity contribution in [1.29, 1.82) is 0 Å². The number of alkyl halides is 24. The van der Waals surface area contributed by atoms with E-state index in [-0.39, 0.29) is 25.2 Å². The minimum atomic E-state index is -6.25. The Morgan fingerprint density at radius 1 is 0.297 bits per heavy atom. The van der Waals surface area contributed by atoms with Crippen LogP contribution in [-0.2, 0) is 49.4 Å². The molecule has 0 aliphatic rings. The third kappa shape index (κ3) is 9.33. The van der Waals surface area contributed by atoms with Crippen LogP contribution in [0.1, 0.15) is 66.8 Å². The van der Waals surface area contributed by atoms with E-state index in [1.807, 2.05) is 0 Å². The van der Waals surface area contributed by atoms with Crippen LogP contribution in [0, 0.1) is 6.92 Å². The van der Waals surface area contributed by atoms with Crippen LogP contribution < -0.4 is 21.9 Å². The molecule has 4 rings (SSSR count). The molecule has 0 aliphatic carbocycles. The summed E-state index contributed by atoms with van der Waals surface area (Å²) in [5, 5.41) is 0. The molecule has 0 aliphatic heterocycles. The summed E-state index contributed by atoms with van der Waals surface area (Å²) < 4.78 is 355. The van der Waals surface area contributed by atoms with Crippen molar-refractivity contribution in [3.63, 3.8) is 0 Å². The Balaban J connectivity index is 2.80. The summed E-state index contributed by atoms with van der Waals surface area (Å²) in [5.74, 6) is 0. The normalized spacial score (nSPS) is 13.9. The first-order valence-electron chi connectivity index (χ1n) is 16.9. The summed E-state index contributed by atoms with van der Waals surface area (Å²) in [6.45, 7) is 8.32. The van der Waals surface area contributed by atoms with Gasteiger partial charge in [-0.1, -0.05) is 86.5 Å². The number of hydrogen-bond acceptors (Lipinski definition) is 0. The summed E-state index contributed by atoms with van der Waals surface area (Å²) in [5.41, 5.74) is -39.0. The minimum absolute atomic E-state index is 0.0390. The lowest BCUT2D eigenvalue weighted by Gasteiger charge is -2.47. The molecule has 348 valence electrons. The van der Waals surface area contributed by atoms with Crippen molar-refractivity contribution in [2.45, 2.75) is 56.3 Å². The number of halogens is 24. The van der Waals surface area contributed by atoms with E-state index in [0.29, 0.717) is 0 Å². The quantitative estimate of drug-likeness (QED) is 0.128. The number of rotatable bonds is 7. The average molecular weight is 955 g/mol. The Hall–Kier alpha value is -5.52. The second-order valence-electron chi connectivity index (χ2n) is 13.8. The van der Waals surface area contributed by atoms with E-state index >= 15 is 0 Å². The molecule has 0 nitrogen and oxygen atoms in total. The molecule has 0 spiro atoms. The molecule has 25 heteroatoms. The molecule has 0 atom stereocenters. The second kappa shape index (κ2) is 15.9. The highest BCUT2D eigenvalue weighted by atomic mass is 19.4. The largest absolute Gasteiger partial charge is 0.416 e. The van der Waals surface area contributed by atoms with Crippen LogP contribution in [0.3, 0.4) is 0 Å². The minimum Gasteiger partial charge on any atom is -0.194 e. The molecule has 0 amide bonds. The van der Waals surface area contributed by atoms with Gasteiger partial charge in [0, 0.05) is 0 Å². The standard InChI is InChI=1S/C39H20BF24/c1-5-21-26(34(47,48)49)10-18(11-27(21)35(50,51)52)40(17-8-24(32(41,42)43)16(4)25(9-17)33(44,45)46,19-12-28(36(53,54)55)22(6-2)29(13-19)37(56,57)58)20-14-30(38(59,60)61)23(7-3)31(15-20)39(62,63)64/h5-15H,1-3H2,4H3/q-1. The third-order valence-electron chi connectivity index (χ3n) is 10.1. The van der Waals surface area contributed by atoms with Crippen LogP contribution in [0.25, 0.3) is 18.2 Å². The van der Waals surface area contributed by atoms with Crippen LogP contribution >= 0.6 is 0 Å². The Morgan fingerprint density at radius 3 is 0.562 bits per heavy atom. The zero-order chi connectivity index (χ0) is 49.5. The summed E-state index contributed by atoms with van der Waals surface area (Å²) in [7, 11) is 0. The summed E-state index contributed by atoms with van der Waals surface area (Å²) in [6, 6.07) is -5.53. The lowest BCUT2D eigenvalue weighted by atomic mass is 9.12. The predicted octanol–water partition coefficient (Wildman–Crippen LogP) is 13.5. The zero-order valence-corrected chi connectivity index (χ0v) is 31.1. The highest BCUT2D eigenvalue weighted by Gasteiger charge is 2.50. The van der Waals surface area contributed by atoms with Crippen LogP contribution in [0.4, 0.5) is 105 Å². The van der Waals surface area contributed by atoms with Gasteiger partial charge in [-0.15, -0.1) is 0 Å². The van der Waals surface area contributed by atoms with Gasteiger partial charge < -0.3 is 0 Å². The maximum absolute atomic E-state index is 14.8. The molecule has 0 bridgehead atoms. The third-order valence-corrected chi connectivity index (χ3v) is 10.1. The van der Waals surface area contributed by atoms with E-state index in [2.05, 4.69) is 19.7 Å². The predicted molar refractivity (Wildman–Crippen MR) is 185 cm³/mol. The molecule has 4 aromatic carbocycles. The second-order valence-corrected chi connectivity index (χ2v) is 13.8. The summed E-state index contributed by atoms with van der Waals surface area (Å²) in [6.07, 6.45) is -56.4. The fraction of sp³-hybridized carbons (Fsp3) is 0.231. The maximum Gasteiger partial charge on any atom is 0.416 e. The smallest absolute Gasteiger partial charge is 0.194 e. The van der Waals surface area contributed by atoms with E-state index in [9.17, 15) is 105 Å². The van der Waals surface area contributed by atoms with Gasteiger partial charge in [-0.2, -0.15) is 127 Å². The van der Waals surface area contributed by atoms with Crippen molar-refractivity contribution in [2.24, 2.45) is 0 Å². The van der Waals surface area contributed by atoms with Crippen LogP contribution in [-0.4, -0.2) is 6.15 Å². The van der Waals surface area contributed by atoms with Crippen molar-refractivity contribution < 1.29 is 105 Å². The molecular formula is C39H20BF24-. The average Bonchev–Trinajstić information content (AvgIpc) is 3.11. The van der Waals surface area contributed by atoms with Crippen molar-refractivity contribution >= 4 is 46.2 Å². The molecule has 0 saturated heterocycles. The van der Waals surface area contributed by atoms with E-state index in [4.69, 9.17) is 0 Å². The molecule has 4 aromatic rings. The monoisotopic (exact) mass is 955 g/mol. The van der Waals surface area contributed by atoms with E-state index in [1.165, 1.54) is 0 Å². The summed E-state index contributed by atoms with van der Waals surface area (Å²) in [4.78, 5) is 0. The van der Waals surface area contributed by atoms with E-state index in [0.717, 1.165) is 0 Å². The Labute approximate surface area is 343 Å². The lowest BCUT2D eigenvalue weighted by Crippen LogP contribution is -2.75. The molecule has 0 aromatic heterocycles. The van der Waals surface area contributed by atoms with Crippen LogP contribution in [0.2, 0.25) is 0 Å². The number of hydrogen-bond donors (Lipinski definition) is 0. The highest BCUT2D eigenvalue weighted by Crippen LogP contribution is 2.45. The highest BCUT2D eigenvalue weighted by molar-refractivity contribution is 7.20. The molecular weight excluding hydrogens is 935 g/mol. The van der Waals surface area contributed by atoms with Gasteiger partial charge in [0.05, 0.1) is 44.5 Å². The van der Waals surface area contributed by atoms with Crippen molar-refractivity contribution in [2.75, 3.05) is 0 Å². The van der Waals surface area contributed by atoms with Crippen LogP contribution in [0.15, 0.2) is 68.3 Å². The maximum atomic E-state index is 14.8. The van der Waals surface area contributed by atoms with Gasteiger partial charge in [0.15, 0.2) is 0 Å². The molecule has 0 unspecified atom stereocenters. The molecule has 0 saturated carbocycles. The SMILES string of the molecule is C=Cc1c(C(F)(F)F)cc([B-](c2cc(C(F)(F)F)c(C)c(C(F)(F)F)c2)(c2cc(C(F)(F)F)c(C=C)c(C(F)(F)F)c2)c2cc(C(F)(F)F)c(C=C)c(C(F)(F)F)c2)cc1C(F)(F)F. The lowest BCUT2D eigenvalue weighted by molar-refractivity contribution is -0.145. The van der Waals surface area contributed by atoms with Crippen molar-refractivity contribution in [1.82, 2.24) is 0 Å². The summed E-state index contributed by atoms with van der Waals surface area (Å²) >= 11 is 0. The van der Waals surface area contributed by atoms with Gasteiger partial charge in [-0.05, 0) is 29.2 Å².